The van der Waals surface area contributed by atoms with Crippen LogP contribution >= 0.6 is 0 Å². The normalized spacial score (nSPS) is 25.3. The van der Waals surface area contributed by atoms with Gasteiger partial charge in [0.2, 0.25) is 0 Å². The van der Waals surface area contributed by atoms with Crippen LogP contribution in [-0.4, -0.2) is 35.2 Å². The van der Waals surface area contributed by atoms with Gasteiger partial charge in [-0.15, -0.1) is 0 Å². The first kappa shape index (κ1) is 23.9. The zero-order chi connectivity index (χ0) is 23.5. The number of hydrogen-bond acceptors (Lipinski definition) is 3. The molecular weight excluding hydrogens is 424 g/mol. The second kappa shape index (κ2) is 10.4. The highest BCUT2D eigenvalue weighted by atomic mass is 19.3. The molecule has 0 amide bonds. The van der Waals surface area contributed by atoms with Crippen LogP contribution in [0, 0.1) is 11.8 Å². The molecule has 6 heteroatoms. The SMILES string of the molecule is CC(c1ccc2c(C(F)F)c(O[C@H]3CC[C@@H](C)CC3)ccc2c1)N1CCC[C@@H](CC(=O)O)C1. The standard InChI is InChI=1S/C27H35F2NO3/c1-17-5-9-22(10-6-17)33-24-12-8-21-15-20(7-11-23(21)26(24)27(28)29)18(2)30-13-3-4-19(16-30)14-25(31)32/h7-8,11-12,15,17-19,22,27H,3-6,9-10,13-14,16H2,1-2H3,(H,31,32)/t17-,18?,19-,22+/m0/s1. The summed E-state index contributed by atoms with van der Waals surface area (Å²) in [5, 5.41) is 10.5. The molecule has 0 radical (unpaired) electrons. The van der Waals surface area contributed by atoms with Crippen molar-refractivity contribution in [3.8, 4) is 5.75 Å². The van der Waals surface area contributed by atoms with Gasteiger partial charge >= 0.3 is 5.97 Å². The maximum atomic E-state index is 14.1. The van der Waals surface area contributed by atoms with E-state index in [0.29, 0.717) is 17.1 Å². The molecule has 0 spiro atoms. The number of rotatable bonds is 7. The lowest BCUT2D eigenvalue weighted by Gasteiger charge is -2.36. The number of nitrogens with zero attached hydrogens (tertiary/aromatic N) is 1. The number of likely N-dealkylation sites (tertiary alicyclic amines) is 1. The molecule has 1 unspecified atom stereocenters. The van der Waals surface area contributed by atoms with Crippen molar-refractivity contribution in [1.29, 1.82) is 0 Å². The van der Waals surface area contributed by atoms with Crippen LogP contribution in [-0.2, 0) is 4.79 Å². The van der Waals surface area contributed by atoms with Gasteiger partial charge in [-0.05, 0) is 92.3 Å². The van der Waals surface area contributed by atoms with Crippen molar-refractivity contribution in [3.63, 3.8) is 0 Å². The van der Waals surface area contributed by atoms with Crippen LogP contribution in [0.1, 0.15) is 82.4 Å². The van der Waals surface area contributed by atoms with E-state index in [1.54, 1.807) is 12.1 Å². The quantitative estimate of drug-likeness (QED) is 0.485. The molecule has 2 fully saturated rings. The Kier molecular flexibility index (Phi) is 7.52. The first-order valence-electron chi connectivity index (χ1n) is 12.3. The van der Waals surface area contributed by atoms with Crippen LogP contribution in [0.3, 0.4) is 0 Å². The third-order valence-electron chi connectivity index (χ3n) is 7.56. The summed E-state index contributed by atoms with van der Waals surface area (Å²) in [7, 11) is 0. The maximum absolute atomic E-state index is 14.1. The third kappa shape index (κ3) is 5.65. The Morgan fingerprint density at radius 2 is 1.91 bits per heavy atom. The summed E-state index contributed by atoms with van der Waals surface area (Å²) >= 11 is 0. The minimum absolute atomic E-state index is 0.00768. The lowest BCUT2D eigenvalue weighted by atomic mass is 9.89. The second-order valence-corrected chi connectivity index (χ2v) is 10.0. The van der Waals surface area contributed by atoms with Gasteiger partial charge in [0.25, 0.3) is 6.43 Å². The van der Waals surface area contributed by atoms with Gasteiger partial charge in [-0.2, -0.15) is 0 Å². The Bertz CT molecular complexity index is 971. The van der Waals surface area contributed by atoms with E-state index >= 15 is 0 Å². The Balaban J connectivity index is 1.55. The van der Waals surface area contributed by atoms with E-state index in [-0.39, 0.29) is 30.0 Å². The van der Waals surface area contributed by atoms with E-state index in [0.717, 1.165) is 62.6 Å². The molecule has 4 nitrogen and oxygen atoms in total. The smallest absolute Gasteiger partial charge is 0.303 e. The molecule has 0 aromatic heterocycles. The number of hydrogen-bond donors (Lipinski definition) is 1. The minimum Gasteiger partial charge on any atom is -0.490 e. The highest BCUT2D eigenvalue weighted by Crippen LogP contribution is 2.39. The molecular formula is C27H35F2NO3. The summed E-state index contributed by atoms with van der Waals surface area (Å²) in [5.41, 5.74) is 1.05. The third-order valence-corrected chi connectivity index (χ3v) is 7.56. The molecule has 180 valence electrons. The molecule has 1 aliphatic carbocycles. The van der Waals surface area contributed by atoms with Gasteiger partial charge in [-0.3, -0.25) is 9.69 Å². The number of benzene rings is 2. The van der Waals surface area contributed by atoms with Crippen molar-refractivity contribution in [1.82, 2.24) is 4.90 Å². The van der Waals surface area contributed by atoms with Gasteiger partial charge in [0, 0.05) is 19.0 Å². The Morgan fingerprint density at radius 1 is 1.15 bits per heavy atom. The molecule has 1 aliphatic heterocycles. The molecule has 2 atom stereocenters. The number of alkyl halides is 2. The van der Waals surface area contributed by atoms with E-state index in [4.69, 9.17) is 9.84 Å². The highest BCUT2D eigenvalue weighted by Gasteiger charge is 2.27. The number of carboxylic acid groups (broad SMARTS) is 1. The summed E-state index contributed by atoms with van der Waals surface area (Å²) < 4.78 is 34.4. The van der Waals surface area contributed by atoms with Crippen molar-refractivity contribution < 1.29 is 23.4 Å². The fourth-order valence-electron chi connectivity index (χ4n) is 5.54. The molecule has 4 rings (SSSR count). The number of fused-ring (bicyclic) bond motifs is 1. The molecule has 2 aromatic rings. The predicted octanol–water partition coefficient (Wildman–Crippen LogP) is 6.98. The average molecular weight is 460 g/mol. The van der Waals surface area contributed by atoms with Gasteiger partial charge in [0.15, 0.2) is 0 Å². The molecule has 1 N–H and O–H groups in total. The summed E-state index contributed by atoms with van der Waals surface area (Å²) in [5.74, 6) is 0.397. The van der Waals surface area contributed by atoms with Crippen LogP contribution in [0.5, 0.6) is 5.75 Å². The van der Waals surface area contributed by atoms with E-state index in [1.807, 2.05) is 18.2 Å². The fraction of sp³-hybridized carbons (Fsp3) is 0.593. The largest absolute Gasteiger partial charge is 0.490 e. The van der Waals surface area contributed by atoms with Crippen LogP contribution < -0.4 is 4.74 Å². The average Bonchev–Trinajstić information content (AvgIpc) is 2.79. The van der Waals surface area contributed by atoms with Gasteiger partial charge in [0.05, 0.1) is 11.7 Å². The van der Waals surface area contributed by atoms with Crippen LogP contribution in [0.25, 0.3) is 10.8 Å². The topological polar surface area (TPSA) is 49.8 Å². The fourth-order valence-corrected chi connectivity index (χ4v) is 5.54. The Labute approximate surface area is 194 Å². The van der Waals surface area contributed by atoms with Crippen molar-refractivity contribution in [2.24, 2.45) is 11.8 Å². The summed E-state index contributed by atoms with van der Waals surface area (Å²) in [6, 6.07) is 9.43. The van der Waals surface area contributed by atoms with E-state index < -0.39 is 12.4 Å². The van der Waals surface area contributed by atoms with Gasteiger partial charge < -0.3 is 9.84 Å². The van der Waals surface area contributed by atoms with Crippen LogP contribution in [0.4, 0.5) is 8.78 Å². The Hall–Kier alpha value is -2.21. The van der Waals surface area contributed by atoms with Crippen LogP contribution in [0.2, 0.25) is 0 Å². The van der Waals surface area contributed by atoms with Gasteiger partial charge in [-0.1, -0.05) is 25.1 Å². The van der Waals surface area contributed by atoms with Crippen LogP contribution in [0.15, 0.2) is 30.3 Å². The van der Waals surface area contributed by atoms with Crippen molar-refractivity contribution in [3.05, 3.63) is 41.5 Å². The molecule has 0 bridgehead atoms. The van der Waals surface area contributed by atoms with E-state index in [9.17, 15) is 13.6 Å². The molecule has 1 saturated heterocycles. The predicted molar refractivity (Wildman–Crippen MR) is 126 cm³/mol. The molecule has 1 heterocycles. The van der Waals surface area contributed by atoms with Crippen molar-refractivity contribution >= 4 is 16.7 Å². The first-order chi connectivity index (χ1) is 15.8. The highest BCUT2D eigenvalue weighted by molar-refractivity contribution is 5.88. The van der Waals surface area contributed by atoms with E-state index in [2.05, 4.69) is 18.7 Å². The number of ether oxygens (including phenoxy) is 1. The molecule has 2 aromatic carbocycles. The second-order valence-electron chi connectivity index (χ2n) is 10.0. The lowest BCUT2D eigenvalue weighted by molar-refractivity contribution is -0.138. The lowest BCUT2D eigenvalue weighted by Crippen LogP contribution is -2.37. The number of halogens is 2. The summed E-state index contributed by atoms with van der Waals surface area (Å²) in [4.78, 5) is 13.4. The number of carboxylic acids is 1. The zero-order valence-corrected chi connectivity index (χ0v) is 19.6. The Morgan fingerprint density at radius 3 is 2.61 bits per heavy atom. The van der Waals surface area contributed by atoms with Crippen molar-refractivity contribution in [2.45, 2.75) is 77.4 Å². The minimum atomic E-state index is -2.60. The number of piperidine rings is 1. The number of aliphatic carboxylic acids is 1. The molecule has 33 heavy (non-hydrogen) atoms. The molecule has 1 saturated carbocycles. The van der Waals surface area contributed by atoms with Gasteiger partial charge in [0.1, 0.15) is 5.75 Å². The number of carbonyl (C=O) groups is 1. The molecule has 2 aliphatic rings. The van der Waals surface area contributed by atoms with E-state index in [1.165, 1.54) is 0 Å². The maximum Gasteiger partial charge on any atom is 0.303 e. The monoisotopic (exact) mass is 459 g/mol. The zero-order valence-electron chi connectivity index (χ0n) is 19.6. The first-order valence-corrected chi connectivity index (χ1v) is 12.3. The summed E-state index contributed by atoms with van der Waals surface area (Å²) in [6.07, 6.45) is 3.50. The van der Waals surface area contributed by atoms with Crippen molar-refractivity contribution in [2.75, 3.05) is 13.1 Å². The van der Waals surface area contributed by atoms with Gasteiger partial charge in [-0.25, -0.2) is 8.78 Å². The summed E-state index contributed by atoms with van der Waals surface area (Å²) in [6.45, 7) is 6.01.